The van der Waals surface area contributed by atoms with Crippen molar-refractivity contribution in [2.75, 3.05) is 25.5 Å². The number of carbonyl (C=O) groups excluding carboxylic acids is 1. The second kappa shape index (κ2) is 8.15. The molecule has 0 unspecified atom stereocenters. The van der Waals surface area contributed by atoms with Crippen LogP contribution in [0.1, 0.15) is 11.3 Å². The van der Waals surface area contributed by atoms with Crippen molar-refractivity contribution in [3.63, 3.8) is 0 Å². The first kappa shape index (κ1) is 19.5. The molecule has 1 aliphatic rings. The van der Waals surface area contributed by atoms with E-state index in [4.69, 9.17) is 51.1 Å². The molecule has 6 nitrogen and oxygen atoms in total. The number of benzene rings is 1. The number of rotatable bonds is 4. The molecule has 3 rings (SSSR count). The summed E-state index contributed by atoms with van der Waals surface area (Å²) < 4.78 is 5.28. The van der Waals surface area contributed by atoms with Crippen LogP contribution in [0.5, 0.6) is 5.88 Å². The maximum Gasteiger partial charge on any atom is 0.238 e. The Hall–Kier alpha value is -1.31. The van der Waals surface area contributed by atoms with Gasteiger partial charge in [-0.15, -0.1) is 0 Å². The highest BCUT2D eigenvalue weighted by Crippen LogP contribution is 2.41. The quantitative estimate of drug-likeness (QED) is 0.732. The van der Waals surface area contributed by atoms with Gasteiger partial charge in [-0.25, -0.2) is 9.97 Å². The number of nitrogens with one attached hydrogen (secondary N) is 1. The van der Waals surface area contributed by atoms with Gasteiger partial charge in [0.1, 0.15) is 6.33 Å². The topological polar surface area (TPSA) is 67.4 Å². The number of carbonyl (C=O) groups is 1. The van der Waals surface area contributed by atoms with Gasteiger partial charge in [0.2, 0.25) is 11.8 Å². The molecule has 1 aliphatic heterocycles. The zero-order valence-electron chi connectivity index (χ0n) is 13.7. The Bertz CT molecular complexity index is 822. The van der Waals surface area contributed by atoms with Crippen LogP contribution in [0, 0.1) is 0 Å². The Kier molecular flexibility index (Phi) is 6.10. The van der Waals surface area contributed by atoms with E-state index in [1.54, 1.807) is 7.11 Å². The van der Waals surface area contributed by atoms with Gasteiger partial charge in [-0.3, -0.25) is 9.69 Å². The van der Waals surface area contributed by atoms with E-state index in [1.165, 1.54) is 12.4 Å². The maximum absolute atomic E-state index is 12.5. The number of hydrogen-bond acceptors (Lipinski definition) is 5. The largest absolute Gasteiger partial charge is 0.481 e. The molecule has 1 aromatic carbocycles. The SMILES string of the molecule is COc1ncnc2c1CN(CC(=O)Nc1c(Cl)c(Cl)cc(Cl)c1Cl)CC2. The Labute approximate surface area is 170 Å². The minimum Gasteiger partial charge on any atom is -0.481 e. The summed E-state index contributed by atoms with van der Waals surface area (Å²) in [5.41, 5.74) is 2.02. The lowest BCUT2D eigenvalue weighted by atomic mass is 10.1. The van der Waals surface area contributed by atoms with Crippen molar-refractivity contribution in [3.8, 4) is 5.88 Å². The first-order valence-corrected chi connectivity index (χ1v) is 9.13. The molecule has 1 aromatic heterocycles. The molecule has 0 aliphatic carbocycles. The average molecular weight is 436 g/mol. The summed E-state index contributed by atoms with van der Waals surface area (Å²) in [4.78, 5) is 22.8. The van der Waals surface area contributed by atoms with Crippen molar-refractivity contribution < 1.29 is 9.53 Å². The van der Waals surface area contributed by atoms with E-state index in [2.05, 4.69) is 15.3 Å². The summed E-state index contributed by atoms with van der Waals surface area (Å²) in [5.74, 6) is 0.235. The van der Waals surface area contributed by atoms with Crippen molar-refractivity contribution in [2.24, 2.45) is 0 Å². The van der Waals surface area contributed by atoms with Crippen LogP contribution in [0.3, 0.4) is 0 Å². The molecule has 0 atom stereocenters. The van der Waals surface area contributed by atoms with Gasteiger partial charge in [-0.1, -0.05) is 46.4 Å². The lowest BCUT2D eigenvalue weighted by molar-refractivity contribution is -0.117. The molecule has 26 heavy (non-hydrogen) atoms. The molecule has 0 saturated carbocycles. The third kappa shape index (κ3) is 4.00. The van der Waals surface area contributed by atoms with Gasteiger partial charge in [0.05, 0.1) is 45.1 Å². The number of amides is 1. The molecular formula is C16H14Cl4N4O2. The van der Waals surface area contributed by atoms with Crippen molar-refractivity contribution in [3.05, 3.63) is 43.7 Å². The van der Waals surface area contributed by atoms with Crippen LogP contribution in [0.25, 0.3) is 0 Å². The van der Waals surface area contributed by atoms with E-state index < -0.39 is 0 Å². The fraction of sp³-hybridized carbons (Fsp3) is 0.312. The molecular weight excluding hydrogens is 422 g/mol. The number of fused-ring (bicyclic) bond motifs is 1. The first-order chi connectivity index (χ1) is 12.4. The highest BCUT2D eigenvalue weighted by Gasteiger charge is 2.24. The summed E-state index contributed by atoms with van der Waals surface area (Å²) in [7, 11) is 1.56. The molecule has 1 N–H and O–H groups in total. The molecule has 2 heterocycles. The van der Waals surface area contributed by atoms with Crippen LogP contribution in [0.4, 0.5) is 5.69 Å². The van der Waals surface area contributed by atoms with Gasteiger partial charge in [0, 0.05) is 25.1 Å². The minimum atomic E-state index is -0.286. The predicted molar refractivity (Wildman–Crippen MR) is 103 cm³/mol. The van der Waals surface area contributed by atoms with E-state index >= 15 is 0 Å². The number of hydrogen-bond donors (Lipinski definition) is 1. The molecule has 0 bridgehead atoms. The van der Waals surface area contributed by atoms with E-state index in [1.807, 2.05) is 4.90 Å². The smallest absolute Gasteiger partial charge is 0.238 e. The third-order valence-electron chi connectivity index (χ3n) is 3.98. The maximum atomic E-state index is 12.5. The monoisotopic (exact) mass is 434 g/mol. The lowest BCUT2D eigenvalue weighted by Gasteiger charge is -2.28. The summed E-state index contributed by atoms with van der Waals surface area (Å²) in [5, 5.41) is 3.40. The molecule has 138 valence electrons. The summed E-state index contributed by atoms with van der Waals surface area (Å²) in [6.45, 7) is 1.32. The number of anilines is 1. The minimum absolute atomic E-state index is 0.133. The number of aromatic nitrogens is 2. The number of methoxy groups -OCH3 is 1. The molecule has 0 radical (unpaired) electrons. The van der Waals surface area contributed by atoms with Crippen LogP contribution >= 0.6 is 46.4 Å². The molecule has 2 aromatic rings. The van der Waals surface area contributed by atoms with Gasteiger partial charge in [-0.2, -0.15) is 0 Å². The average Bonchev–Trinajstić information content (AvgIpc) is 2.63. The lowest BCUT2D eigenvalue weighted by Crippen LogP contribution is -2.37. The number of nitrogens with zero attached hydrogens (tertiary/aromatic N) is 3. The highest BCUT2D eigenvalue weighted by atomic mass is 35.5. The van der Waals surface area contributed by atoms with Crippen molar-refractivity contribution in [1.82, 2.24) is 14.9 Å². The second-order valence-corrected chi connectivity index (χ2v) is 7.23. The van der Waals surface area contributed by atoms with Crippen LogP contribution < -0.4 is 10.1 Å². The standard InChI is InChI=1S/C16H14Cl4N4O2/c1-26-16-8-5-24(3-2-11(8)21-7-22-16)6-12(25)23-15-13(19)9(17)4-10(18)14(15)20/h4,7H,2-3,5-6H2,1H3,(H,23,25). The normalized spacial score (nSPS) is 14.0. The van der Waals surface area contributed by atoms with E-state index in [0.29, 0.717) is 25.4 Å². The van der Waals surface area contributed by atoms with Crippen molar-refractivity contribution in [1.29, 1.82) is 0 Å². The molecule has 1 amide bonds. The van der Waals surface area contributed by atoms with Crippen LogP contribution in [0.2, 0.25) is 20.1 Å². The van der Waals surface area contributed by atoms with Gasteiger partial charge < -0.3 is 10.1 Å². The Balaban J connectivity index is 1.72. The number of halogens is 4. The fourth-order valence-electron chi connectivity index (χ4n) is 2.75. The predicted octanol–water partition coefficient (Wildman–Crippen LogP) is 4.10. The van der Waals surface area contributed by atoms with Crippen molar-refractivity contribution in [2.45, 2.75) is 13.0 Å². The van der Waals surface area contributed by atoms with Crippen LogP contribution in [0.15, 0.2) is 12.4 Å². The highest BCUT2D eigenvalue weighted by molar-refractivity contribution is 6.50. The third-order valence-corrected chi connectivity index (χ3v) is 5.55. The van der Waals surface area contributed by atoms with Gasteiger partial charge in [0.15, 0.2) is 0 Å². The van der Waals surface area contributed by atoms with Gasteiger partial charge in [-0.05, 0) is 6.07 Å². The molecule has 0 spiro atoms. The van der Waals surface area contributed by atoms with Crippen molar-refractivity contribution >= 4 is 58.0 Å². The van der Waals surface area contributed by atoms with Gasteiger partial charge in [0.25, 0.3) is 0 Å². The van der Waals surface area contributed by atoms with E-state index in [9.17, 15) is 4.79 Å². The molecule has 0 fully saturated rings. The molecule has 10 heteroatoms. The van der Waals surface area contributed by atoms with E-state index in [0.717, 1.165) is 11.3 Å². The second-order valence-electron chi connectivity index (χ2n) is 5.66. The number of ether oxygens (including phenoxy) is 1. The summed E-state index contributed by atoms with van der Waals surface area (Å²) >= 11 is 24.2. The Morgan fingerprint density at radius 1 is 1.23 bits per heavy atom. The summed E-state index contributed by atoms with van der Waals surface area (Å²) in [6.07, 6.45) is 2.18. The Morgan fingerprint density at radius 2 is 1.92 bits per heavy atom. The zero-order chi connectivity index (χ0) is 18.8. The molecule has 0 saturated heterocycles. The fourth-order valence-corrected chi connectivity index (χ4v) is 3.65. The van der Waals surface area contributed by atoms with Crippen LogP contribution in [-0.4, -0.2) is 41.0 Å². The first-order valence-electron chi connectivity index (χ1n) is 7.62. The zero-order valence-corrected chi connectivity index (χ0v) is 16.7. The van der Waals surface area contributed by atoms with Gasteiger partial charge >= 0.3 is 0 Å². The van der Waals surface area contributed by atoms with E-state index in [-0.39, 0.29) is 38.2 Å². The van der Waals surface area contributed by atoms with Crippen LogP contribution in [-0.2, 0) is 17.8 Å². The Morgan fingerprint density at radius 3 is 2.58 bits per heavy atom. The summed E-state index contributed by atoms with van der Waals surface area (Å²) in [6, 6.07) is 1.43.